The van der Waals surface area contributed by atoms with E-state index in [1.165, 1.54) is 16.8 Å². The van der Waals surface area contributed by atoms with Crippen molar-refractivity contribution < 1.29 is 9.72 Å². The number of hydrogen-bond donors (Lipinski definition) is 3. The van der Waals surface area contributed by atoms with E-state index < -0.39 is 11.0 Å². The number of nitrogens with zero attached hydrogens (tertiary/aromatic N) is 4. The highest BCUT2D eigenvalue weighted by atomic mass is 16.6. The molecule has 3 N–H and O–H groups in total. The summed E-state index contributed by atoms with van der Waals surface area (Å²) in [5.74, 6) is 0.334. The summed E-state index contributed by atoms with van der Waals surface area (Å²) >= 11 is 0. The number of hydrazine groups is 1. The average molecular weight is 329 g/mol. The number of aromatic nitrogens is 2. The molecule has 24 heavy (non-hydrogen) atoms. The van der Waals surface area contributed by atoms with E-state index in [1.807, 2.05) is 6.07 Å². The van der Waals surface area contributed by atoms with Gasteiger partial charge in [-0.1, -0.05) is 6.07 Å². The van der Waals surface area contributed by atoms with Crippen LogP contribution in [-0.2, 0) is 7.05 Å². The van der Waals surface area contributed by atoms with Gasteiger partial charge >= 0.3 is 6.03 Å². The summed E-state index contributed by atoms with van der Waals surface area (Å²) in [5.41, 5.74) is 6.67. The number of nitro benzene ring substituents is 1. The maximum atomic E-state index is 12.0. The number of non-ortho nitro benzene ring substituents is 1. The Balaban J connectivity index is 2.09. The van der Waals surface area contributed by atoms with Crippen molar-refractivity contribution in [1.82, 2.24) is 15.2 Å². The first-order valence-electron chi connectivity index (χ1n) is 6.85. The van der Waals surface area contributed by atoms with Gasteiger partial charge < -0.3 is 5.32 Å². The average Bonchev–Trinajstić information content (AvgIpc) is 2.80. The summed E-state index contributed by atoms with van der Waals surface area (Å²) in [6, 6.07) is 5.52. The van der Waals surface area contributed by atoms with E-state index in [0.717, 1.165) is 0 Å². The lowest BCUT2D eigenvalue weighted by Crippen LogP contribution is -2.34. The first-order valence-corrected chi connectivity index (χ1v) is 6.85. The van der Waals surface area contributed by atoms with Crippen LogP contribution in [0.4, 0.5) is 22.0 Å². The molecule has 0 aliphatic rings. The highest BCUT2D eigenvalue weighted by molar-refractivity contribution is 5.91. The van der Waals surface area contributed by atoms with Gasteiger partial charge in [-0.2, -0.15) is 10.4 Å². The lowest BCUT2D eigenvalue weighted by Gasteiger charge is -2.11. The minimum absolute atomic E-state index is 0.127. The second-order valence-corrected chi connectivity index (χ2v) is 5.00. The standard InChI is InChI=1S/C14H15N7O3/c1-8-4-5-10(21(23)24)6-12(8)16-14(22)18-17-13-11(7-15)9(2)19-20(13)3/h4-6,17H,1-3H3,(H2,16,18,22). The molecule has 2 amide bonds. The summed E-state index contributed by atoms with van der Waals surface area (Å²) in [4.78, 5) is 22.2. The topological polar surface area (TPSA) is 138 Å². The van der Waals surface area contributed by atoms with Crippen molar-refractivity contribution in [3.8, 4) is 6.07 Å². The van der Waals surface area contributed by atoms with Gasteiger partial charge in [-0.15, -0.1) is 0 Å². The van der Waals surface area contributed by atoms with Gasteiger partial charge in [0.25, 0.3) is 5.69 Å². The van der Waals surface area contributed by atoms with Gasteiger partial charge in [0.15, 0.2) is 5.82 Å². The lowest BCUT2D eigenvalue weighted by atomic mass is 10.2. The second kappa shape index (κ2) is 6.66. The van der Waals surface area contributed by atoms with Crippen molar-refractivity contribution in [2.45, 2.75) is 13.8 Å². The van der Waals surface area contributed by atoms with Gasteiger partial charge in [0.1, 0.15) is 11.6 Å². The summed E-state index contributed by atoms with van der Waals surface area (Å²) in [6.45, 7) is 3.39. The third kappa shape index (κ3) is 3.41. The molecule has 0 atom stereocenters. The Kier molecular flexibility index (Phi) is 4.65. The van der Waals surface area contributed by atoms with E-state index in [9.17, 15) is 14.9 Å². The molecule has 124 valence electrons. The third-order valence-electron chi connectivity index (χ3n) is 3.31. The van der Waals surface area contributed by atoms with Gasteiger partial charge in [0.2, 0.25) is 0 Å². The lowest BCUT2D eigenvalue weighted by molar-refractivity contribution is -0.384. The number of carbonyl (C=O) groups excluding carboxylic acids is 1. The second-order valence-electron chi connectivity index (χ2n) is 5.00. The van der Waals surface area contributed by atoms with Gasteiger partial charge in [-0.05, 0) is 19.4 Å². The first-order chi connectivity index (χ1) is 11.3. The summed E-state index contributed by atoms with van der Waals surface area (Å²) in [5, 5.41) is 26.5. The van der Waals surface area contributed by atoms with E-state index >= 15 is 0 Å². The van der Waals surface area contributed by atoms with Crippen LogP contribution in [0.15, 0.2) is 18.2 Å². The van der Waals surface area contributed by atoms with Crippen molar-refractivity contribution in [1.29, 1.82) is 5.26 Å². The van der Waals surface area contributed by atoms with E-state index in [2.05, 4.69) is 21.3 Å². The monoisotopic (exact) mass is 329 g/mol. The fourth-order valence-electron chi connectivity index (χ4n) is 2.06. The number of nitro groups is 1. The van der Waals surface area contributed by atoms with Crippen LogP contribution in [0.25, 0.3) is 0 Å². The fourth-order valence-corrected chi connectivity index (χ4v) is 2.06. The molecule has 0 unspecified atom stereocenters. The molecule has 0 saturated heterocycles. The number of nitrogens with one attached hydrogen (secondary N) is 3. The van der Waals surface area contributed by atoms with Gasteiger partial charge in [-0.25, -0.2) is 4.79 Å². The first kappa shape index (κ1) is 16.8. The van der Waals surface area contributed by atoms with Gasteiger partial charge in [-0.3, -0.25) is 25.6 Å². The van der Waals surface area contributed by atoms with Crippen LogP contribution in [0.5, 0.6) is 0 Å². The maximum Gasteiger partial charge on any atom is 0.337 e. The van der Waals surface area contributed by atoms with Crippen molar-refractivity contribution >= 4 is 23.2 Å². The van der Waals surface area contributed by atoms with Crippen LogP contribution in [0.2, 0.25) is 0 Å². The Hall–Kier alpha value is -3.61. The highest BCUT2D eigenvalue weighted by Crippen LogP contribution is 2.21. The van der Waals surface area contributed by atoms with Crippen molar-refractivity contribution in [3.63, 3.8) is 0 Å². The number of rotatable bonds is 4. The van der Waals surface area contributed by atoms with Crippen LogP contribution < -0.4 is 16.2 Å². The largest absolute Gasteiger partial charge is 0.337 e. The molecule has 0 saturated carbocycles. The number of benzene rings is 1. The number of nitriles is 1. The quantitative estimate of drug-likeness (QED) is 0.579. The van der Waals surface area contributed by atoms with E-state index in [0.29, 0.717) is 28.3 Å². The number of amides is 2. The van der Waals surface area contributed by atoms with Crippen molar-refractivity contribution in [2.75, 3.05) is 10.7 Å². The van der Waals surface area contributed by atoms with Crippen molar-refractivity contribution in [3.05, 3.63) is 45.1 Å². The molecule has 10 heteroatoms. The molecule has 1 aromatic carbocycles. The van der Waals surface area contributed by atoms with Crippen LogP contribution >= 0.6 is 0 Å². The van der Waals surface area contributed by atoms with Crippen LogP contribution in [-0.4, -0.2) is 20.7 Å². The minimum Gasteiger partial charge on any atom is -0.306 e. The number of carbonyl (C=O) groups is 1. The Labute approximate surface area is 137 Å². The normalized spacial score (nSPS) is 9.92. The third-order valence-corrected chi connectivity index (χ3v) is 3.31. The van der Waals surface area contributed by atoms with E-state index in [4.69, 9.17) is 5.26 Å². The maximum absolute atomic E-state index is 12.0. The van der Waals surface area contributed by atoms with Gasteiger partial charge in [0.05, 0.1) is 16.3 Å². The molecule has 0 aliphatic heterocycles. The molecule has 2 rings (SSSR count). The SMILES string of the molecule is Cc1ccc([N+](=O)[O-])cc1NC(=O)NNc1c(C#N)c(C)nn1C. The molecule has 0 spiro atoms. The number of aryl methyl sites for hydroxylation is 3. The fraction of sp³-hybridized carbons (Fsp3) is 0.214. The number of anilines is 2. The Bertz CT molecular complexity index is 851. The minimum atomic E-state index is -0.638. The summed E-state index contributed by atoms with van der Waals surface area (Å²) in [7, 11) is 1.63. The molecule has 2 aromatic rings. The molecule has 0 radical (unpaired) electrons. The van der Waals surface area contributed by atoms with E-state index in [1.54, 1.807) is 27.0 Å². The zero-order valence-electron chi connectivity index (χ0n) is 13.2. The van der Waals surface area contributed by atoms with Gasteiger partial charge in [0, 0.05) is 19.2 Å². The molecule has 0 fully saturated rings. The smallest absolute Gasteiger partial charge is 0.306 e. The van der Waals surface area contributed by atoms with E-state index in [-0.39, 0.29) is 5.69 Å². The molecular weight excluding hydrogens is 314 g/mol. The van der Waals surface area contributed by atoms with Crippen LogP contribution in [0.1, 0.15) is 16.8 Å². The molecule has 10 nitrogen and oxygen atoms in total. The molecule has 0 aliphatic carbocycles. The summed E-state index contributed by atoms with van der Waals surface area (Å²) in [6.07, 6.45) is 0. The van der Waals surface area contributed by atoms with Crippen molar-refractivity contribution in [2.24, 2.45) is 7.05 Å². The molecule has 1 aromatic heterocycles. The predicted octanol–water partition coefficient (Wildman–Crippen LogP) is 1.97. The Morgan fingerprint density at radius 3 is 2.75 bits per heavy atom. The van der Waals surface area contributed by atoms with Crippen LogP contribution in [0.3, 0.4) is 0 Å². The predicted molar refractivity (Wildman–Crippen MR) is 86.3 cm³/mol. The Morgan fingerprint density at radius 1 is 1.42 bits per heavy atom. The number of urea groups is 1. The summed E-state index contributed by atoms with van der Waals surface area (Å²) < 4.78 is 1.42. The Morgan fingerprint density at radius 2 is 2.12 bits per heavy atom. The molecule has 1 heterocycles. The molecule has 0 bridgehead atoms. The zero-order chi connectivity index (χ0) is 17.9. The highest BCUT2D eigenvalue weighted by Gasteiger charge is 2.14. The molecular formula is C14H15N7O3. The number of hydrogen-bond acceptors (Lipinski definition) is 6. The van der Waals surface area contributed by atoms with Crippen LogP contribution in [0, 0.1) is 35.3 Å². The zero-order valence-corrected chi connectivity index (χ0v) is 13.2.